The van der Waals surface area contributed by atoms with E-state index in [9.17, 15) is 4.79 Å². The molecule has 0 spiro atoms. The number of carbonyl (C=O) groups excluding carboxylic acids is 1. The molecule has 1 aromatic carbocycles. The SMILES string of the molecule is CCc1cccnc1NC(=O)c1nc(-c2ccc3ncccc3c2)c(-c2ccn(C)n2)nc1N. The molecule has 0 aliphatic carbocycles. The van der Waals surface area contributed by atoms with Crippen LogP contribution in [0.2, 0.25) is 0 Å². The number of rotatable bonds is 5. The van der Waals surface area contributed by atoms with E-state index in [1.165, 1.54) is 0 Å². The Hall–Kier alpha value is -4.66. The highest BCUT2D eigenvalue weighted by Crippen LogP contribution is 2.31. The molecule has 0 aliphatic rings. The first-order valence-electron chi connectivity index (χ1n) is 10.8. The molecule has 0 fully saturated rings. The lowest BCUT2D eigenvalue weighted by Gasteiger charge is -2.13. The maximum Gasteiger partial charge on any atom is 0.279 e. The van der Waals surface area contributed by atoms with E-state index in [0.29, 0.717) is 22.9 Å². The number of nitrogens with two attached hydrogens (primary N) is 1. The second-order valence-electron chi connectivity index (χ2n) is 7.76. The zero-order valence-corrected chi connectivity index (χ0v) is 18.7. The monoisotopic (exact) mass is 450 g/mol. The number of amides is 1. The molecule has 0 unspecified atom stereocenters. The van der Waals surface area contributed by atoms with E-state index in [2.05, 4.69) is 30.4 Å². The molecule has 5 aromatic rings. The van der Waals surface area contributed by atoms with Crippen LogP contribution < -0.4 is 11.1 Å². The van der Waals surface area contributed by atoms with Crippen molar-refractivity contribution in [2.24, 2.45) is 7.05 Å². The van der Waals surface area contributed by atoms with Gasteiger partial charge in [0.05, 0.1) is 11.2 Å². The highest BCUT2D eigenvalue weighted by Gasteiger charge is 2.22. The second kappa shape index (κ2) is 8.70. The van der Waals surface area contributed by atoms with Gasteiger partial charge in [0.25, 0.3) is 5.91 Å². The minimum Gasteiger partial charge on any atom is -0.382 e. The maximum atomic E-state index is 13.2. The fourth-order valence-corrected chi connectivity index (χ4v) is 3.76. The molecule has 0 saturated carbocycles. The average Bonchev–Trinajstić information content (AvgIpc) is 3.30. The quantitative estimate of drug-likeness (QED) is 0.416. The number of hydrogen-bond donors (Lipinski definition) is 2. The van der Waals surface area contributed by atoms with Crippen molar-refractivity contribution in [3.05, 3.63) is 78.4 Å². The number of aromatic nitrogens is 6. The Morgan fingerprint density at radius 1 is 1.03 bits per heavy atom. The van der Waals surface area contributed by atoms with Gasteiger partial charge in [0.2, 0.25) is 0 Å². The van der Waals surface area contributed by atoms with Gasteiger partial charge in [-0.3, -0.25) is 14.5 Å². The van der Waals surface area contributed by atoms with Gasteiger partial charge in [-0.2, -0.15) is 5.10 Å². The molecule has 168 valence electrons. The third-order valence-electron chi connectivity index (χ3n) is 5.47. The van der Waals surface area contributed by atoms with E-state index in [1.54, 1.807) is 17.1 Å². The standard InChI is InChI=1S/C25H22N8O/c1-3-15-6-4-12-28-24(15)31-25(34)22-23(26)30-21(19-10-13-33(2)32-19)20(29-22)17-8-9-18-16(14-17)7-5-11-27-18/h4-14H,3H2,1-2H3,(H2,26,30)(H,28,31,34). The van der Waals surface area contributed by atoms with Crippen LogP contribution in [-0.2, 0) is 13.5 Å². The molecule has 4 heterocycles. The van der Waals surface area contributed by atoms with Crippen molar-refractivity contribution >= 4 is 28.4 Å². The van der Waals surface area contributed by atoms with Crippen LogP contribution in [0.25, 0.3) is 33.5 Å². The van der Waals surface area contributed by atoms with Crippen molar-refractivity contribution in [1.82, 2.24) is 29.7 Å². The number of nitrogens with zero attached hydrogens (tertiary/aromatic N) is 6. The Balaban J connectivity index is 1.64. The predicted molar refractivity (Wildman–Crippen MR) is 131 cm³/mol. The zero-order chi connectivity index (χ0) is 23.7. The van der Waals surface area contributed by atoms with Crippen LogP contribution in [0, 0.1) is 0 Å². The first-order chi connectivity index (χ1) is 16.5. The van der Waals surface area contributed by atoms with E-state index in [1.807, 2.05) is 68.7 Å². The van der Waals surface area contributed by atoms with Gasteiger partial charge < -0.3 is 11.1 Å². The van der Waals surface area contributed by atoms with Crippen LogP contribution in [0.4, 0.5) is 11.6 Å². The summed E-state index contributed by atoms with van der Waals surface area (Å²) in [6, 6.07) is 15.2. The average molecular weight is 451 g/mol. The number of carbonyl (C=O) groups is 1. The Bertz CT molecular complexity index is 1520. The van der Waals surface area contributed by atoms with Gasteiger partial charge in [-0.1, -0.05) is 25.1 Å². The molecule has 4 aromatic heterocycles. The fourth-order valence-electron chi connectivity index (χ4n) is 3.76. The molecule has 0 atom stereocenters. The van der Waals surface area contributed by atoms with Gasteiger partial charge in [0, 0.05) is 36.6 Å². The number of benzene rings is 1. The van der Waals surface area contributed by atoms with Crippen molar-refractivity contribution in [2.45, 2.75) is 13.3 Å². The first-order valence-corrected chi connectivity index (χ1v) is 10.8. The summed E-state index contributed by atoms with van der Waals surface area (Å²) in [5.74, 6) is 0.0105. The lowest BCUT2D eigenvalue weighted by atomic mass is 10.0. The van der Waals surface area contributed by atoms with Gasteiger partial charge in [-0.25, -0.2) is 15.0 Å². The molecule has 34 heavy (non-hydrogen) atoms. The van der Waals surface area contributed by atoms with Gasteiger partial charge in [-0.05, 0) is 42.3 Å². The van der Waals surface area contributed by atoms with Crippen LogP contribution in [-0.4, -0.2) is 35.6 Å². The molecule has 0 saturated heterocycles. The minimum atomic E-state index is -0.477. The number of pyridine rings is 2. The van der Waals surface area contributed by atoms with Crippen molar-refractivity contribution in [3.8, 4) is 22.6 Å². The summed E-state index contributed by atoms with van der Waals surface area (Å²) in [6.45, 7) is 2.00. The first kappa shape index (κ1) is 21.2. The van der Waals surface area contributed by atoms with Crippen LogP contribution in [0.5, 0.6) is 0 Å². The molecule has 0 radical (unpaired) electrons. The third kappa shape index (κ3) is 3.95. The smallest absolute Gasteiger partial charge is 0.279 e. The molecular formula is C25H22N8O. The summed E-state index contributed by atoms with van der Waals surface area (Å²) in [7, 11) is 1.82. The maximum absolute atomic E-state index is 13.2. The summed E-state index contributed by atoms with van der Waals surface area (Å²) in [6.07, 6.45) is 5.91. The Labute approximate surface area is 195 Å². The summed E-state index contributed by atoms with van der Waals surface area (Å²) >= 11 is 0. The zero-order valence-electron chi connectivity index (χ0n) is 18.7. The number of nitrogens with one attached hydrogen (secondary N) is 1. The van der Waals surface area contributed by atoms with Crippen LogP contribution in [0.1, 0.15) is 23.0 Å². The van der Waals surface area contributed by atoms with E-state index >= 15 is 0 Å². The van der Waals surface area contributed by atoms with Gasteiger partial charge in [0.1, 0.15) is 17.2 Å². The second-order valence-corrected chi connectivity index (χ2v) is 7.76. The summed E-state index contributed by atoms with van der Waals surface area (Å²) < 4.78 is 1.68. The lowest BCUT2D eigenvalue weighted by Crippen LogP contribution is -2.19. The Kier molecular flexibility index (Phi) is 5.43. The number of nitrogen functional groups attached to an aromatic ring is 1. The van der Waals surface area contributed by atoms with E-state index in [-0.39, 0.29) is 11.5 Å². The minimum absolute atomic E-state index is 0.0124. The van der Waals surface area contributed by atoms with Gasteiger partial charge >= 0.3 is 0 Å². The molecule has 0 bridgehead atoms. The lowest BCUT2D eigenvalue weighted by molar-refractivity contribution is 0.102. The number of aryl methyl sites for hydroxylation is 2. The molecule has 9 nitrogen and oxygen atoms in total. The molecule has 0 aliphatic heterocycles. The topological polar surface area (TPSA) is 125 Å². The third-order valence-corrected chi connectivity index (χ3v) is 5.47. The normalized spacial score (nSPS) is 11.0. The number of hydrogen-bond acceptors (Lipinski definition) is 7. The Morgan fingerprint density at radius 2 is 1.85 bits per heavy atom. The highest BCUT2D eigenvalue weighted by molar-refractivity contribution is 6.06. The summed E-state index contributed by atoms with van der Waals surface area (Å²) in [5.41, 5.74) is 10.4. The Morgan fingerprint density at radius 3 is 2.65 bits per heavy atom. The van der Waals surface area contributed by atoms with Crippen molar-refractivity contribution in [3.63, 3.8) is 0 Å². The molecule has 9 heteroatoms. The van der Waals surface area contributed by atoms with E-state index in [4.69, 9.17) is 5.73 Å². The van der Waals surface area contributed by atoms with Crippen LogP contribution in [0.15, 0.2) is 67.1 Å². The van der Waals surface area contributed by atoms with Crippen molar-refractivity contribution < 1.29 is 4.79 Å². The summed E-state index contributed by atoms with van der Waals surface area (Å²) in [5, 5.41) is 8.24. The number of fused-ring (bicyclic) bond motifs is 1. The molecule has 3 N–H and O–H groups in total. The number of anilines is 2. The van der Waals surface area contributed by atoms with Crippen molar-refractivity contribution in [2.75, 3.05) is 11.1 Å². The van der Waals surface area contributed by atoms with Gasteiger partial charge in [0.15, 0.2) is 11.5 Å². The van der Waals surface area contributed by atoms with E-state index in [0.717, 1.165) is 28.5 Å². The van der Waals surface area contributed by atoms with E-state index < -0.39 is 5.91 Å². The largest absolute Gasteiger partial charge is 0.382 e. The molecule has 1 amide bonds. The predicted octanol–water partition coefficient (Wildman–Crippen LogP) is 3.88. The highest BCUT2D eigenvalue weighted by atomic mass is 16.2. The van der Waals surface area contributed by atoms with Crippen LogP contribution >= 0.6 is 0 Å². The molecule has 5 rings (SSSR count). The van der Waals surface area contributed by atoms with Crippen molar-refractivity contribution in [1.29, 1.82) is 0 Å². The summed E-state index contributed by atoms with van der Waals surface area (Å²) in [4.78, 5) is 31.1. The van der Waals surface area contributed by atoms with Crippen LogP contribution in [0.3, 0.4) is 0 Å². The van der Waals surface area contributed by atoms with Gasteiger partial charge in [-0.15, -0.1) is 0 Å². The molecular weight excluding hydrogens is 428 g/mol. The fraction of sp³-hybridized carbons (Fsp3) is 0.120.